The number of rotatable bonds is 5. The molecular weight excluding hydrogens is 385 g/mol. The molecule has 0 bridgehead atoms. The molecule has 0 radical (unpaired) electrons. The van der Waals surface area contributed by atoms with Crippen LogP contribution < -0.4 is 10.6 Å². The number of hydrogen-bond acceptors (Lipinski definition) is 5. The van der Waals surface area contributed by atoms with E-state index in [4.69, 9.17) is 0 Å². The van der Waals surface area contributed by atoms with Crippen LogP contribution >= 0.6 is 15.9 Å². The Kier molecular flexibility index (Phi) is 4.31. The molecule has 1 aromatic carbocycles. The topological polar surface area (TPSA) is 62.7 Å². The van der Waals surface area contributed by atoms with Crippen LogP contribution in [0.4, 0.5) is 21.8 Å². The van der Waals surface area contributed by atoms with E-state index in [1.54, 1.807) is 24.5 Å². The summed E-state index contributed by atoms with van der Waals surface area (Å²) in [7, 11) is 0. The molecule has 0 aliphatic heterocycles. The highest BCUT2D eigenvalue weighted by atomic mass is 79.9. The van der Waals surface area contributed by atoms with Gasteiger partial charge in [-0.3, -0.25) is 4.98 Å². The van der Waals surface area contributed by atoms with Crippen molar-refractivity contribution in [3.63, 3.8) is 0 Å². The molecule has 3 aromatic rings. The molecule has 2 heterocycles. The molecule has 126 valence electrons. The Morgan fingerprint density at radius 2 is 2.00 bits per heavy atom. The van der Waals surface area contributed by atoms with Crippen LogP contribution in [0.5, 0.6) is 0 Å². The van der Waals surface area contributed by atoms with E-state index in [1.165, 1.54) is 6.07 Å². The van der Waals surface area contributed by atoms with E-state index < -0.39 is 0 Å². The maximum atomic E-state index is 13.7. The average molecular weight is 400 g/mol. The Morgan fingerprint density at radius 1 is 1.12 bits per heavy atom. The van der Waals surface area contributed by atoms with Crippen LogP contribution in [-0.2, 0) is 0 Å². The van der Waals surface area contributed by atoms with Crippen molar-refractivity contribution >= 4 is 33.4 Å². The Morgan fingerprint density at radius 3 is 2.72 bits per heavy atom. The number of nitrogens with one attached hydrogen (secondary N) is 2. The van der Waals surface area contributed by atoms with E-state index in [9.17, 15) is 4.39 Å². The van der Waals surface area contributed by atoms with E-state index in [0.717, 1.165) is 24.1 Å². The predicted molar refractivity (Wildman–Crippen MR) is 99.3 cm³/mol. The monoisotopic (exact) mass is 399 g/mol. The summed E-state index contributed by atoms with van der Waals surface area (Å²) < 4.78 is 14.2. The lowest BCUT2D eigenvalue weighted by molar-refractivity contribution is 0.622. The van der Waals surface area contributed by atoms with Gasteiger partial charge in [0.05, 0.1) is 10.2 Å². The van der Waals surface area contributed by atoms with Crippen molar-refractivity contribution in [1.29, 1.82) is 0 Å². The average Bonchev–Trinajstić information content (AvgIpc) is 3.43. The summed E-state index contributed by atoms with van der Waals surface area (Å²) >= 11 is 3.16. The fourth-order valence-electron chi connectivity index (χ4n) is 2.37. The molecule has 5 nitrogen and oxygen atoms in total. The molecular formula is C18H15BrFN5. The van der Waals surface area contributed by atoms with Gasteiger partial charge in [0.15, 0.2) is 0 Å². The van der Waals surface area contributed by atoms with Crippen LogP contribution in [0, 0.1) is 5.82 Å². The number of nitrogens with zero attached hydrogens (tertiary/aromatic N) is 3. The number of halogens is 2. The lowest BCUT2D eigenvalue weighted by atomic mass is 10.2. The van der Waals surface area contributed by atoms with Gasteiger partial charge in [-0.2, -0.15) is 4.98 Å². The van der Waals surface area contributed by atoms with Gasteiger partial charge in [-0.25, -0.2) is 9.37 Å². The lowest BCUT2D eigenvalue weighted by Crippen LogP contribution is -2.07. The van der Waals surface area contributed by atoms with Gasteiger partial charge >= 0.3 is 0 Å². The first-order valence-electron chi connectivity index (χ1n) is 7.95. The lowest BCUT2D eigenvalue weighted by Gasteiger charge is -2.11. The summed E-state index contributed by atoms with van der Waals surface area (Å²) in [6.07, 6.45) is 5.73. The first-order valence-corrected chi connectivity index (χ1v) is 8.75. The van der Waals surface area contributed by atoms with Gasteiger partial charge in [0, 0.05) is 35.8 Å². The summed E-state index contributed by atoms with van der Waals surface area (Å²) in [5, 5.41) is 6.45. The molecule has 2 N–H and O–H groups in total. The maximum absolute atomic E-state index is 13.7. The maximum Gasteiger partial charge on any atom is 0.225 e. The van der Waals surface area contributed by atoms with Gasteiger partial charge in [0.25, 0.3) is 0 Å². The second-order valence-corrected chi connectivity index (χ2v) is 6.73. The fourth-order valence-corrected chi connectivity index (χ4v) is 2.62. The van der Waals surface area contributed by atoms with Crippen molar-refractivity contribution in [3.05, 3.63) is 59.1 Å². The molecule has 2 aromatic heterocycles. The number of pyridine rings is 1. The molecule has 0 spiro atoms. The molecule has 1 aliphatic rings. The summed E-state index contributed by atoms with van der Waals surface area (Å²) in [6, 6.07) is 10.9. The van der Waals surface area contributed by atoms with Gasteiger partial charge < -0.3 is 10.6 Å². The Balaban J connectivity index is 1.68. The summed E-state index contributed by atoms with van der Waals surface area (Å²) in [5.74, 6) is 0.825. The van der Waals surface area contributed by atoms with Gasteiger partial charge in [0.2, 0.25) is 5.95 Å². The van der Waals surface area contributed by atoms with E-state index in [0.29, 0.717) is 28.0 Å². The molecule has 25 heavy (non-hydrogen) atoms. The Hall–Kier alpha value is -2.54. The molecule has 0 atom stereocenters. The van der Waals surface area contributed by atoms with E-state index >= 15 is 0 Å². The number of anilines is 3. The van der Waals surface area contributed by atoms with Crippen LogP contribution in [-0.4, -0.2) is 21.0 Å². The minimum absolute atomic E-state index is 0.331. The first kappa shape index (κ1) is 16.0. The van der Waals surface area contributed by atoms with Gasteiger partial charge in [-0.05, 0) is 59.1 Å². The van der Waals surface area contributed by atoms with Crippen molar-refractivity contribution < 1.29 is 4.39 Å². The highest BCUT2D eigenvalue weighted by Crippen LogP contribution is 2.28. The van der Waals surface area contributed by atoms with Gasteiger partial charge in [-0.1, -0.05) is 0 Å². The van der Waals surface area contributed by atoms with E-state index in [2.05, 4.69) is 41.5 Å². The van der Waals surface area contributed by atoms with Crippen LogP contribution in [0.2, 0.25) is 0 Å². The quantitative estimate of drug-likeness (QED) is 0.647. The van der Waals surface area contributed by atoms with Crippen molar-refractivity contribution in [2.75, 3.05) is 10.6 Å². The normalized spacial score (nSPS) is 13.5. The van der Waals surface area contributed by atoms with Crippen molar-refractivity contribution in [1.82, 2.24) is 15.0 Å². The van der Waals surface area contributed by atoms with Crippen molar-refractivity contribution in [2.45, 2.75) is 18.9 Å². The smallest absolute Gasteiger partial charge is 0.225 e. The first-order chi connectivity index (χ1) is 12.2. The summed E-state index contributed by atoms with van der Waals surface area (Å²) in [6.45, 7) is 0. The molecule has 1 saturated carbocycles. The second kappa shape index (κ2) is 6.76. The summed E-state index contributed by atoms with van der Waals surface area (Å²) in [5.41, 5.74) is 2.27. The number of aromatic nitrogens is 3. The van der Waals surface area contributed by atoms with Crippen molar-refractivity contribution in [2.24, 2.45) is 0 Å². The van der Waals surface area contributed by atoms with Crippen LogP contribution in [0.25, 0.3) is 11.3 Å². The zero-order chi connectivity index (χ0) is 17.2. The van der Waals surface area contributed by atoms with Crippen LogP contribution in [0.15, 0.2) is 53.3 Å². The molecule has 7 heteroatoms. The number of hydrogen-bond donors (Lipinski definition) is 2. The largest absolute Gasteiger partial charge is 0.351 e. The van der Waals surface area contributed by atoms with Crippen LogP contribution in [0.3, 0.4) is 0 Å². The molecule has 1 fully saturated rings. The van der Waals surface area contributed by atoms with Crippen LogP contribution in [0.1, 0.15) is 12.8 Å². The third kappa shape index (κ3) is 3.93. The van der Waals surface area contributed by atoms with Gasteiger partial charge in [-0.15, -0.1) is 0 Å². The Bertz CT molecular complexity index is 899. The molecule has 4 rings (SSSR count). The second-order valence-electron chi connectivity index (χ2n) is 5.88. The summed E-state index contributed by atoms with van der Waals surface area (Å²) in [4.78, 5) is 13.2. The molecule has 0 amide bonds. The Labute approximate surface area is 152 Å². The minimum atomic E-state index is -0.331. The number of benzene rings is 1. The van der Waals surface area contributed by atoms with Gasteiger partial charge in [0.1, 0.15) is 11.6 Å². The zero-order valence-corrected chi connectivity index (χ0v) is 14.8. The third-order valence-electron chi connectivity index (χ3n) is 3.79. The molecule has 0 saturated heterocycles. The van der Waals surface area contributed by atoms with E-state index in [1.807, 2.05) is 18.2 Å². The zero-order valence-electron chi connectivity index (χ0n) is 13.2. The highest BCUT2D eigenvalue weighted by molar-refractivity contribution is 9.10. The highest BCUT2D eigenvalue weighted by Gasteiger charge is 2.22. The molecule has 0 unspecified atom stereocenters. The van der Waals surface area contributed by atoms with E-state index in [-0.39, 0.29) is 5.82 Å². The molecule has 1 aliphatic carbocycles. The standard InChI is InChI=1S/C18H15BrFN5/c19-14-6-5-13(8-15(14)20)22-17-9-16(11-2-1-7-21-10-11)24-18(25-17)23-12-3-4-12/h1-2,5-10,12H,3-4H2,(H2,22,23,24,25). The SMILES string of the molecule is Fc1cc(Nc2cc(-c3cccnc3)nc(NC3CC3)n2)ccc1Br. The van der Waals surface area contributed by atoms with Crippen molar-refractivity contribution in [3.8, 4) is 11.3 Å². The third-order valence-corrected chi connectivity index (χ3v) is 4.43. The predicted octanol–water partition coefficient (Wildman–Crippen LogP) is 4.76. The fraction of sp³-hybridized carbons (Fsp3) is 0.167. The minimum Gasteiger partial charge on any atom is -0.351 e.